The van der Waals surface area contributed by atoms with Gasteiger partial charge in [-0.1, -0.05) is 6.92 Å². The van der Waals surface area contributed by atoms with Crippen LogP contribution in [0.1, 0.15) is 31.4 Å². The average molecular weight is 232 g/mol. The molecular weight excluding hydrogens is 216 g/mol. The molecule has 0 bridgehead atoms. The standard InChI is InChI=1S/C13H16N2O2/c1-2-9(5-6-14)15-12-8-17-13-7-10(16)3-4-11(12)13/h3-4,7,9,12,15-16H,2,5,8H2,1H3. The molecule has 1 heterocycles. The van der Waals surface area contributed by atoms with Gasteiger partial charge in [-0.2, -0.15) is 5.26 Å². The quantitative estimate of drug-likeness (QED) is 0.834. The van der Waals surface area contributed by atoms with Crippen LogP contribution in [-0.2, 0) is 0 Å². The van der Waals surface area contributed by atoms with E-state index in [1.165, 1.54) is 0 Å². The Balaban J connectivity index is 2.09. The van der Waals surface area contributed by atoms with Crippen LogP contribution in [0.4, 0.5) is 0 Å². The summed E-state index contributed by atoms with van der Waals surface area (Å²) in [5.41, 5.74) is 1.05. The van der Waals surface area contributed by atoms with E-state index in [1.54, 1.807) is 12.1 Å². The SMILES string of the molecule is CCC(CC#N)NC1COc2cc(O)ccc21. The van der Waals surface area contributed by atoms with Crippen LogP contribution >= 0.6 is 0 Å². The first-order valence-electron chi connectivity index (χ1n) is 5.83. The van der Waals surface area contributed by atoms with Crippen LogP contribution in [-0.4, -0.2) is 17.8 Å². The van der Waals surface area contributed by atoms with Gasteiger partial charge < -0.3 is 15.2 Å². The number of fused-ring (bicyclic) bond motifs is 1. The molecule has 4 heteroatoms. The predicted octanol–water partition coefficient (Wildman–Crippen LogP) is 2.11. The van der Waals surface area contributed by atoms with Gasteiger partial charge in [0.25, 0.3) is 0 Å². The Labute approximate surface area is 101 Å². The molecule has 90 valence electrons. The van der Waals surface area contributed by atoms with Crippen molar-refractivity contribution in [1.82, 2.24) is 5.32 Å². The molecule has 0 amide bonds. The Kier molecular flexibility index (Phi) is 3.50. The van der Waals surface area contributed by atoms with Crippen LogP contribution in [0.3, 0.4) is 0 Å². The van der Waals surface area contributed by atoms with Gasteiger partial charge in [0, 0.05) is 17.7 Å². The van der Waals surface area contributed by atoms with Crippen molar-refractivity contribution in [3.63, 3.8) is 0 Å². The lowest BCUT2D eigenvalue weighted by atomic mass is 10.1. The van der Waals surface area contributed by atoms with Gasteiger partial charge in [-0.05, 0) is 18.6 Å². The van der Waals surface area contributed by atoms with Crippen molar-refractivity contribution in [2.24, 2.45) is 0 Å². The fourth-order valence-electron chi connectivity index (χ4n) is 2.05. The lowest BCUT2D eigenvalue weighted by Crippen LogP contribution is -2.32. The summed E-state index contributed by atoms with van der Waals surface area (Å²) in [5, 5.41) is 21.5. The van der Waals surface area contributed by atoms with Crippen molar-refractivity contribution < 1.29 is 9.84 Å². The number of nitrogens with zero attached hydrogens (tertiary/aromatic N) is 1. The van der Waals surface area contributed by atoms with Crippen LogP contribution in [0.2, 0.25) is 0 Å². The van der Waals surface area contributed by atoms with Crippen molar-refractivity contribution in [1.29, 1.82) is 5.26 Å². The Morgan fingerprint density at radius 2 is 2.47 bits per heavy atom. The highest BCUT2D eigenvalue weighted by atomic mass is 16.5. The van der Waals surface area contributed by atoms with E-state index in [0.717, 1.165) is 17.7 Å². The van der Waals surface area contributed by atoms with Gasteiger partial charge in [-0.3, -0.25) is 0 Å². The minimum atomic E-state index is 0.115. The Morgan fingerprint density at radius 1 is 1.65 bits per heavy atom. The van der Waals surface area contributed by atoms with E-state index in [1.807, 2.05) is 6.07 Å². The van der Waals surface area contributed by atoms with E-state index >= 15 is 0 Å². The number of rotatable bonds is 4. The van der Waals surface area contributed by atoms with Crippen molar-refractivity contribution in [3.05, 3.63) is 23.8 Å². The topological polar surface area (TPSA) is 65.3 Å². The molecule has 2 rings (SSSR count). The first kappa shape index (κ1) is 11.7. The molecule has 0 aromatic heterocycles. The molecule has 0 aliphatic carbocycles. The van der Waals surface area contributed by atoms with Crippen LogP contribution in [0.5, 0.6) is 11.5 Å². The minimum absolute atomic E-state index is 0.115. The number of nitrogens with one attached hydrogen (secondary N) is 1. The lowest BCUT2D eigenvalue weighted by molar-refractivity contribution is 0.294. The molecule has 0 radical (unpaired) electrons. The van der Waals surface area contributed by atoms with Gasteiger partial charge in [0.1, 0.15) is 18.1 Å². The molecule has 1 aliphatic heterocycles. The second-order valence-corrected chi connectivity index (χ2v) is 4.22. The second kappa shape index (κ2) is 5.07. The summed E-state index contributed by atoms with van der Waals surface area (Å²) in [6.45, 7) is 2.61. The first-order chi connectivity index (χ1) is 8.24. The number of benzene rings is 1. The number of phenols is 1. The first-order valence-corrected chi connectivity index (χ1v) is 5.83. The van der Waals surface area contributed by atoms with E-state index < -0.39 is 0 Å². The van der Waals surface area contributed by atoms with Gasteiger partial charge >= 0.3 is 0 Å². The monoisotopic (exact) mass is 232 g/mol. The third-order valence-electron chi connectivity index (χ3n) is 3.05. The Morgan fingerprint density at radius 3 is 3.18 bits per heavy atom. The van der Waals surface area contributed by atoms with E-state index in [-0.39, 0.29) is 17.8 Å². The summed E-state index contributed by atoms with van der Waals surface area (Å²) in [6.07, 6.45) is 1.41. The van der Waals surface area contributed by atoms with Gasteiger partial charge in [0.2, 0.25) is 0 Å². The number of phenolic OH excluding ortho intramolecular Hbond substituents is 1. The van der Waals surface area contributed by atoms with E-state index in [2.05, 4.69) is 18.3 Å². The van der Waals surface area contributed by atoms with E-state index in [4.69, 9.17) is 10.00 Å². The predicted molar refractivity (Wildman–Crippen MR) is 63.8 cm³/mol. The highest BCUT2D eigenvalue weighted by Gasteiger charge is 2.25. The largest absolute Gasteiger partial charge is 0.508 e. The zero-order chi connectivity index (χ0) is 12.3. The molecule has 2 unspecified atom stereocenters. The van der Waals surface area contributed by atoms with Gasteiger partial charge in [-0.15, -0.1) is 0 Å². The van der Waals surface area contributed by atoms with Gasteiger partial charge in [0.05, 0.1) is 18.5 Å². The zero-order valence-electron chi connectivity index (χ0n) is 9.81. The molecule has 2 atom stereocenters. The summed E-state index contributed by atoms with van der Waals surface area (Å²) >= 11 is 0. The maximum atomic E-state index is 9.35. The maximum Gasteiger partial charge on any atom is 0.127 e. The van der Waals surface area contributed by atoms with Crippen molar-refractivity contribution in [3.8, 4) is 17.6 Å². The van der Waals surface area contributed by atoms with Gasteiger partial charge in [0.15, 0.2) is 0 Å². The second-order valence-electron chi connectivity index (χ2n) is 4.22. The Bertz CT molecular complexity index is 440. The third kappa shape index (κ3) is 2.51. The molecule has 17 heavy (non-hydrogen) atoms. The minimum Gasteiger partial charge on any atom is -0.508 e. The van der Waals surface area contributed by atoms with Gasteiger partial charge in [-0.25, -0.2) is 0 Å². The lowest BCUT2D eigenvalue weighted by Gasteiger charge is -2.18. The van der Waals surface area contributed by atoms with Crippen molar-refractivity contribution in [2.45, 2.75) is 31.8 Å². The fraction of sp³-hybridized carbons (Fsp3) is 0.462. The molecule has 0 fully saturated rings. The number of hydrogen-bond donors (Lipinski definition) is 2. The highest BCUT2D eigenvalue weighted by molar-refractivity contribution is 5.44. The number of hydrogen-bond acceptors (Lipinski definition) is 4. The molecular formula is C13H16N2O2. The number of nitriles is 1. The summed E-state index contributed by atoms with van der Waals surface area (Å²) < 4.78 is 5.51. The molecule has 0 spiro atoms. The molecule has 0 saturated heterocycles. The molecule has 2 N–H and O–H groups in total. The smallest absolute Gasteiger partial charge is 0.127 e. The molecule has 4 nitrogen and oxygen atoms in total. The highest BCUT2D eigenvalue weighted by Crippen LogP contribution is 2.35. The van der Waals surface area contributed by atoms with Crippen LogP contribution in [0.15, 0.2) is 18.2 Å². The van der Waals surface area contributed by atoms with Crippen LogP contribution in [0.25, 0.3) is 0 Å². The third-order valence-corrected chi connectivity index (χ3v) is 3.05. The summed E-state index contributed by atoms with van der Waals surface area (Å²) in [6, 6.07) is 7.64. The average Bonchev–Trinajstić information content (AvgIpc) is 2.71. The normalized spacial score (nSPS) is 19.2. The summed E-state index contributed by atoms with van der Waals surface area (Å²) in [7, 11) is 0. The van der Waals surface area contributed by atoms with E-state index in [0.29, 0.717) is 13.0 Å². The molecule has 1 aliphatic rings. The van der Waals surface area contributed by atoms with Crippen molar-refractivity contribution in [2.75, 3.05) is 6.61 Å². The number of ether oxygens (including phenoxy) is 1. The fourth-order valence-corrected chi connectivity index (χ4v) is 2.05. The van der Waals surface area contributed by atoms with Crippen LogP contribution in [0, 0.1) is 11.3 Å². The molecule has 1 aromatic carbocycles. The Hall–Kier alpha value is -1.73. The number of aromatic hydroxyl groups is 1. The van der Waals surface area contributed by atoms with Crippen LogP contribution < -0.4 is 10.1 Å². The van der Waals surface area contributed by atoms with Crippen molar-refractivity contribution >= 4 is 0 Å². The molecule has 0 saturated carbocycles. The molecule has 1 aromatic rings. The summed E-state index contributed by atoms with van der Waals surface area (Å²) in [5.74, 6) is 0.947. The zero-order valence-corrected chi connectivity index (χ0v) is 9.81. The van der Waals surface area contributed by atoms with E-state index in [9.17, 15) is 5.11 Å². The summed E-state index contributed by atoms with van der Waals surface area (Å²) in [4.78, 5) is 0. The maximum absolute atomic E-state index is 9.35.